The van der Waals surface area contributed by atoms with E-state index in [-0.39, 0.29) is 11.7 Å². The summed E-state index contributed by atoms with van der Waals surface area (Å²) in [5.74, 6) is -0.0483. The molecule has 0 radical (unpaired) electrons. The van der Waals surface area contributed by atoms with Crippen molar-refractivity contribution in [1.29, 1.82) is 0 Å². The first kappa shape index (κ1) is 13.6. The summed E-state index contributed by atoms with van der Waals surface area (Å²) in [6.07, 6.45) is -4.49. The molecule has 0 bridgehead atoms. The third kappa shape index (κ3) is 2.47. The lowest BCUT2D eigenvalue weighted by molar-refractivity contribution is -0.141. The zero-order valence-corrected chi connectivity index (χ0v) is 10.7. The van der Waals surface area contributed by atoms with E-state index in [1.807, 2.05) is 13.8 Å². The number of aromatic amines is 1. The summed E-state index contributed by atoms with van der Waals surface area (Å²) in [5, 5.41) is 0. The minimum Gasteiger partial charge on any atom is -0.336 e. The van der Waals surface area contributed by atoms with Gasteiger partial charge in [-0.25, -0.2) is 0 Å². The van der Waals surface area contributed by atoms with Gasteiger partial charge in [-0.2, -0.15) is 18.2 Å². The van der Waals surface area contributed by atoms with Crippen LogP contribution in [0, 0.1) is 6.92 Å². The Balaban J connectivity index is 2.75. The smallest absolute Gasteiger partial charge is 0.336 e. The van der Waals surface area contributed by atoms with Crippen molar-refractivity contribution in [3.05, 3.63) is 39.3 Å². The molecule has 19 heavy (non-hydrogen) atoms. The number of aryl methyl sites for hydroxylation is 1. The lowest BCUT2D eigenvalue weighted by atomic mass is 9.99. The Hall–Kier alpha value is -1.85. The van der Waals surface area contributed by atoms with Crippen molar-refractivity contribution in [2.45, 2.75) is 32.9 Å². The van der Waals surface area contributed by atoms with Gasteiger partial charge in [0.05, 0.1) is 0 Å². The predicted molar refractivity (Wildman–Crippen MR) is 65.3 cm³/mol. The number of hydrogen-bond donors (Lipinski definition) is 1. The van der Waals surface area contributed by atoms with E-state index in [1.165, 1.54) is 0 Å². The summed E-state index contributed by atoms with van der Waals surface area (Å²) < 4.78 is 38.0. The maximum Gasteiger partial charge on any atom is 0.431 e. The molecule has 0 aromatic carbocycles. The molecule has 2 aliphatic rings. The number of alkyl halides is 3. The summed E-state index contributed by atoms with van der Waals surface area (Å²) in [6, 6.07) is 2.64. The molecule has 0 unspecified atom stereocenters. The van der Waals surface area contributed by atoms with Gasteiger partial charge in [0.15, 0.2) is 0 Å². The van der Waals surface area contributed by atoms with Gasteiger partial charge in [0.1, 0.15) is 11.5 Å². The van der Waals surface area contributed by atoms with Crippen LogP contribution in [0.25, 0.3) is 11.4 Å². The largest absolute Gasteiger partial charge is 0.431 e. The molecule has 2 heterocycles. The fourth-order valence-corrected chi connectivity index (χ4v) is 1.93. The van der Waals surface area contributed by atoms with Crippen molar-refractivity contribution in [3.8, 4) is 11.4 Å². The van der Waals surface area contributed by atoms with Gasteiger partial charge in [0.2, 0.25) is 0 Å². The van der Waals surface area contributed by atoms with E-state index in [0.29, 0.717) is 16.7 Å². The van der Waals surface area contributed by atoms with Crippen molar-refractivity contribution in [2.75, 3.05) is 0 Å². The Kier molecular flexibility index (Phi) is 3.12. The van der Waals surface area contributed by atoms with Gasteiger partial charge < -0.3 is 4.98 Å². The summed E-state index contributed by atoms with van der Waals surface area (Å²) in [6.45, 7) is 5.25. The Bertz CT molecular complexity index is 644. The number of halogens is 3. The molecule has 0 spiro atoms. The Morgan fingerprint density at radius 2 is 1.89 bits per heavy atom. The van der Waals surface area contributed by atoms with Gasteiger partial charge in [0, 0.05) is 11.1 Å². The van der Waals surface area contributed by atoms with Crippen LogP contribution >= 0.6 is 0 Å². The second kappa shape index (κ2) is 4.36. The highest BCUT2D eigenvalue weighted by atomic mass is 19.4. The standard InChI is InChI=1S/C13H13F3N2O/c1-6(2)8-5-9-7(3)4-10(13(14,15)16)17-11(9)18-12(8)19/h4-6H,1-3H3,(H,17,18,19). The Morgan fingerprint density at radius 1 is 1.26 bits per heavy atom. The van der Waals surface area contributed by atoms with Crippen molar-refractivity contribution in [1.82, 2.24) is 9.97 Å². The first-order chi connectivity index (χ1) is 8.70. The maximum atomic E-state index is 12.7. The maximum absolute atomic E-state index is 12.7. The molecule has 2 aliphatic heterocycles. The molecule has 0 fully saturated rings. The number of rotatable bonds is 1. The number of pyridine rings is 2. The average Bonchev–Trinajstić information content (AvgIpc) is 2.26. The van der Waals surface area contributed by atoms with Crippen LogP contribution in [0.3, 0.4) is 0 Å². The fourth-order valence-electron chi connectivity index (χ4n) is 1.93. The lowest BCUT2D eigenvalue weighted by Gasteiger charge is -2.15. The number of fused-ring (bicyclic) bond motifs is 1. The number of hydrogen-bond acceptors (Lipinski definition) is 2. The number of nitrogens with zero attached hydrogens (tertiary/aromatic N) is 1. The molecule has 0 aromatic heterocycles. The van der Waals surface area contributed by atoms with Crippen LogP contribution < -0.4 is 5.56 Å². The molecule has 0 aliphatic carbocycles. The lowest BCUT2D eigenvalue weighted by Crippen LogP contribution is -2.18. The highest BCUT2D eigenvalue weighted by molar-refractivity contribution is 5.62. The van der Waals surface area contributed by atoms with Gasteiger partial charge in [-0.15, -0.1) is 0 Å². The molecule has 102 valence electrons. The topological polar surface area (TPSA) is 45.8 Å². The van der Waals surface area contributed by atoms with E-state index < -0.39 is 17.4 Å². The molecule has 0 saturated heterocycles. The average molecular weight is 270 g/mol. The van der Waals surface area contributed by atoms with Crippen LogP contribution in [0.1, 0.15) is 36.6 Å². The Labute approximate surface area is 107 Å². The molecule has 6 heteroatoms. The van der Waals surface area contributed by atoms with E-state index >= 15 is 0 Å². The third-order valence-corrected chi connectivity index (χ3v) is 2.98. The normalized spacial score (nSPS) is 12.4. The molecule has 0 atom stereocenters. The second-order valence-corrected chi connectivity index (χ2v) is 4.80. The van der Waals surface area contributed by atoms with Crippen molar-refractivity contribution >= 4 is 0 Å². The van der Waals surface area contributed by atoms with Crippen LogP contribution in [-0.2, 0) is 6.18 Å². The van der Waals surface area contributed by atoms with E-state index in [2.05, 4.69) is 9.97 Å². The van der Waals surface area contributed by atoms with E-state index in [0.717, 1.165) is 6.07 Å². The highest BCUT2D eigenvalue weighted by Crippen LogP contribution is 2.32. The second-order valence-electron chi connectivity index (χ2n) is 4.80. The van der Waals surface area contributed by atoms with Crippen LogP contribution in [0.15, 0.2) is 16.9 Å². The minimum atomic E-state index is -4.49. The van der Waals surface area contributed by atoms with Gasteiger partial charge in [0.25, 0.3) is 5.56 Å². The van der Waals surface area contributed by atoms with E-state index in [4.69, 9.17) is 0 Å². The summed E-state index contributed by atoms with van der Waals surface area (Å²) in [7, 11) is 0. The summed E-state index contributed by atoms with van der Waals surface area (Å²) >= 11 is 0. The quantitative estimate of drug-likeness (QED) is 0.864. The van der Waals surface area contributed by atoms with Crippen LogP contribution in [0.4, 0.5) is 13.2 Å². The zero-order valence-electron chi connectivity index (χ0n) is 10.7. The molecule has 0 aromatic rings. The molecular weight excluding hydrogens is 257 g/mol. The van der Waals surface area contributed by atoms with Gasteiger partial charge in [-0.1, -0.05) is 13.8 Å². The molecule has 0 saturated carbocycles. The van der Waals surface area contributed by atoms with Gasteiger partial charge >= 0.3 is 6.18 Å². The monoisotopic (exact) mass is 270 g/mol. The first-order valence-corrected chi connectivity index (χ1v) is 5.82. The minimum absolute atomic E-state index is 0.0221. The van der Waals surface area contributed by atoms with Gasteiger partial charge in [-0.05, 0) is 30.5 Å². The number of H-pyrrole nitrogens is 1. The van der Waals surface area contributed by atoms with Gasteiger partial charge in [-0.3, -0.25) is 4.79 Å². The summed E-state index contributed by atoms with van der Waals surface area (Å²) in [4.78, 5) is 17.6. The molecule has 0 amide bonds. The van der Waals surface area contributed by atoms with Crippen LogP contribution in [0.2, 0.25) is 0 Å². The van der Waals surface area contributed by atoms with E-state index in [9.17, 15) is 18.0 Å². The van der Waals surface area contributed by atoms with Crippen LogP contribution in [-0.4, -0.2) is 9.97 Å². The molecule has 3 nitrogen and oxygen atoms in total. The SMILES string of the molecule is Cc1cc(C(F)(F)F)[nH]c2nc(=O)c(C(C)C)cc1-2. The fraction of sp³-hybridized carbons (Fsp3) is 0.385. The van der Waals surface area contributed by atoms with Crippen molar-refractivity contribution in [2.24, 2.45) is 0 Å². The number of aromatic nitrogens is 2. The van der Waals surface area contributed by atoms with Crippen LogP contribution in [0.5, 0.6) is 0 Å². The Morgan fingerprint density at radius 3 is 2.42 bits per heavy atom. The zero-order chi connectivity index (χ0) is 14.4. The molecular formula is C13H13F3N2O. The van der Waals surface area contributed by atoms with Crippen molar-refractivity contribution < 1.29 is 13.2 Å². The molecule has 1 N–H and O–H groups in total. The highest BCUT2D eigenvalue weighted by Gasteiger charge is 2.33. The predicted octanol–water partition coefficient (Wildman–Crippen LogP) is 3.33. The van der Waals surface area contributed by atoms with E-state index in [1.54, 1.807) is 13.0 Å². The first-order valence-electron chi connectivity index (χ1n) is 5.82. The number of nitrogens with one attached hydrogen (secondary N) is 1. The van der Waals surface area contributed by atoms with Crippen molar-refractivity contribution in [3.63, 3.8) is 0 Å². The molecule has 2 rings (SSSR count). The third-order valence-electron chi connectivity index (χ3n) is 2.98. The summed E-state index contributed by atoms with van der Waals surface area (Å²) in [5.41, 5.74) is 0.0923.